The number of benzene rings is 1. The van der Waals surface area contributed by atoms with Crippen LogP contribution >= 0.6 is 11.8 Å². The lowest BCUT2D eigenvalue weighted by Crippen LogP contribution is -2.30. The lowest BCUT2D eigenvalue weighted by atomic mass is 10.1. The zero-order chi connectivity index (χ0) is 16.3. The third kappa shape index (κ3) is 4.10. The van der Waals surface area contributed by atoms with Gasteiger partial charge in [0.15, 0.2) is 5.12 Å². The van der Waals surface area contributed by atoms with Gasteiger partial charge in [-0.25, -0.2) is 0 Å². The van der Waals surface area contributed by atoms with E-state index in [1.54, 1.807) is 29.2 Å². The Morgan fingerprint density at radius 3 is 2.45 bits per heavy atom. The number of anilines is 1. The maximum Gasteiger partial charge on any atom is 0.251 e. The molecule has 1 unspecified atom stereocenters. The fourth-order valence-corrected chi connectivity index (χ4v) is 3.30. The summed E-state index contributed by atoms with van der Waals surface area (Å²) >= 11 is 1.21. The van der Waals surface area contributed by atoms with Crippen LogP contribution in [0.4, 0.5) is 5.69 Å². The molecule has 1 heterocycles. The van der Waals surface area contributed by atoms with Gasteiger partial charge in [-0.1, -0.05) is 11.8 Å². The summed E-state index contributed by atoms with van der Waals surface area (Å²) in [6.45, 7) is 5.85. The second kappa shape index (κ2) is 6.96. The fourth-order valence-electron chi connectivity index (χ4n) is 2.38. The Morgan fingerprint density at radius 1 is 1.27 bits per heavy atom. The largest absolute Gasteiger partial charge is 0.350 e. The van der Waals surface area contributed by atoms with Gasteiger partial charge in [0.05, 0.1) is 0 Å². The van der Waals surface area contributed by atoms with Crippen molar-refractivity contribution in [3.05, 3.63) is 29.8 Å². The number of rotatable bonds is 4. The Balaban J connectivity index is 2.06. The maximum absolute atomic E-state index is 12.1. The first kappa shape index (κ1) is 16.5. The van der Waals surface area contributed by atoms with Crippen molar-refractivity contribution in [2.75, 3.05) is 11.4 Å². The highest BCUT2D eigenvalue weighted by molar-refractivity contribution is 8.14. The van der Waals surface area contributed by atoms with Crippen molar-refractivity contribution in [3.63, 3.8) is 0 Å². The van der Waals surface area contributed by atoms with Gasteiger partial charge in [-0.2, -0.15) is 0 Å². The average molecular weight is 320 g/mol. The summed E-state index contributed by atoms with van der Waals surface area (Å²) in [4.78, 5) is 36.8. The normalized spacial score (nSPS) is 17.9. The molecule has 0 radical (unpaired) electrons. The number of hydrogen-bond donors (Lipinski definition) is 1. The average Bonchev–Trinajstić information content (AvgIpc) is 2.78. The van der Waals surface area contributed by atoms with Crippen molar-refractivity contribution in [2.45, 2.75) is 38.5 Å². The van der Waals surface area contributed by atoms with Crippen LogP contribution < -0.4 is 10.2 Å². The molecule has 1 fully saturated rings. The Labute approximate surface area is 134 Å². The van der Waals surface area contributed by atoms with E-state index in [1.807, 2.05) is 13.8 Å². The van der Waals surface area contributed by atoms with Crippen LogP contribution in [0.2, 0.25) is 0 Å². The number of carbonyl (C=O) groups excluding carboxylic acids is 3. The van der Waals surface area contributed by atoms with E-state index < -0.39 is 0 Å². The van der Waals surface area contributed by atoms with Crippen molar-refractivity contribution >= 4 is 34.4 Å². The maximum atomic E-state index is 12.1. The van der Waals surface area contributed by atoms with Crippen LogP contribution in [0.15, 0.2) is 24.3 Å². The first-order valence-electron chi connectivity index (χ1n) is 7.25. The van der Waals surface area contributed by atoms with Crippen LogP contribution in [0.1, 0.15) is 37.6 Å². The van der Waals surface area contributed by atoms with Crippen molar-refractivity contribution < 1.29 is 14.4 Å². The van der Waals surface area contributed by atoms with Gasteiger partial charge < -0.3 is 10.2 Å². The van der Waals surface area contributed by atoms with E-state index in [1.165, 1.54) is 18.7 Å². The number of hydrogen-bond acceptors (Lipinski definition) is 4. The summed E-state index contributed by atoms with van der Waals surface area (Å²) in [5.74, 6) is -0.113. The molecule has 0 aliphatic carbocycles. The van der Waals surface area contributed by atoms with Crippen LogP contribution in [0.25, 0.3) is 0 Å². The molecule has 22 heavy (non-hydrogen) atoms. The molecule has 1 saturated heterocycles. The molecule has 1 aliphatic heterocycles. The van der Waals surface area contributed by atoms with Gasteiger partial charge in [0, 0.05) is 42.4 Å². The lowest BCUT2D eigenvalue weighted by molar-refractivity contribution is -0.117. The van der Waals surface area contributed by atoms with Crippen molar-refractivity contribution in [2.24, 2.45) is 0 Å². The van der Waals surface area contributed by atoms with E-state index in [0.717, 1.165) is 5.69 Å². The van der Waals surface area contributed by atoms with Crippen molar-refractivity contribution in [3.8, 4) is 0 Å². The molecule has 0 saturated carbocycles. The van der Waals surface area contributed by atoms with E-state index in [2.05, 4.69) is 5.32 Å². The molecule has 0 bridgehead atoms. The summed E-state index contributed by atoms with van der Waals surface area (Å²) in [7, 11) is 0. The smallest absolute Gasteiger partial charge is 0.251 e. The molecule has 1 atom stereocenters. The quantitative estimate of drug-likeness (QED) is 0.923. The molecule has 5 nitrogen and oxygen atoms in total. The predicted octanol–water partition coefficient (Wildman–Crippen LogP) is 2.21. The van der Waals surface area contributed by atoms with E-state index in [-0.39, 0.29) is 28.2 Å². The monoisotopic (exact) mass is 320 g/mol. The third-order valence-corrected chi connectivity index (χ3v) is 4.26. The minimum atomic E-state index is -0.126. The Bertz CT molecular complexity index is 584. The minimum absolute atomic E-state index is 0.00826. The molecular weight excluding hydrogens is 300 g/mol. The molecule has 1 aromatic carbocycles. The Kier molecular flexibility index (Phi) is 5.24. The van der Waals surface area contributed by atoms with Gasteiger partial charge in [0.1, 0.15) is 0 Å². The summed E-state index contributed by atoms with van der Waals surface area (Å²) < 4.78 is 0. The van der Waals surface area contributed by atoms with Gasteiger partial charge in [0.2, 0.25) is 5.91 Å². The Morgan fingerprint density at radius 2 is 1.91 bits per heavy atom. The molecule has 2 amide bonds. The van der Waals surface area contributed by atoms with E-state index in [9.17, 15) is 14.4 Å². The molecule has 1 aromatic rings. The highest BCUT2D eigenvalue weighted by Gasteiger charge is 2.31. The first-order valence-corrected chi connectivity index (χ1v) is 8.13. The van der Waals surface area contributed by atoms with Crippen LogP contribution in [0.5, 0.6) is 0 Å². The molecule has 2 rings (SSSR count). The fraction of sp³-hybridized carbons (Fsp3) is 0.438. The van der Waals surface area contributed by atoms with Gasteiger partial charge in [0.25, 0.3) is 5.91 Å². The second-order valence-corrected chi connectivity index (χ2v) is 7.09. The minimum Gasteiger partial charge on any atom is -0.350 e. The number of nitrogens with zero attached hydrogens (tertiary/aromatic N) is 1. The molecule has 0 aromatic heterocycles. The summed E-state index contributed by atoms with van der Waals surface area (Å²) in [6, 6.07) is 7.05. The van der Waals surface area contributed by atoms with Crippen LogP contribution in [-0.4, -0.2) is 34.8 Å². The molecule has 0 spiro atoms. The van der Waals surface area contributed by atoms with Crippen LogP contribution in [-0.2, 0) is 9.59 Å². The first-order chi connectivity index (χ1) is 10.4. The summed E-state index contributed by atoms with van der Waals surface area (Å²) in [6.07, 6.45) is 0.375. The summed E-state index contributed by atoms with van der Waals surface area (Å²) in [5, 5.41) is 2.86. The predicted molar refractivity (Wildman–Crippen MR) is 88.1 cm³/mol. The van der Waals surface area contributed by atoms with E-state index in [0.29, 0.717) is 18.5 Å². The highest BCUT2D eigenvalue weighted by atomic mass is 32.2. The molecule has 6 heteroatoms. The lowest BCUT2D eigenvalue weighted by Gasteiger charge is -2.17. The van der Waals surface area contributed by atoms with Crippen molar-refractivity contribution in [1.82, 2.24) is 5.32 Å². The number of thioether (sulfide) groups is 1. The van der Waals surface area contributed by atoms with E-state index >= 15 is 0 Å². The standard InChI is InChI=1S/C16H20N2O3S/c1-10(2)17-16(21)12-4-6-13(7-5-12)18-9-14(8-15(18)20)22-11(3)19/h4-7,10,14H,8-9H2,1-3H3,(H,17,21). The molecule has 1 aliphatic rings. The van der Waals surface area contributed by atoms with Gasteiger partial charge >= 0.3 is 0 Å². The van der Waals surface area contributed by atoms with Crippen molar-refractivity contribution in [1.29, 1.82) is 0 Å². The zero-order valence-corrected chi connectivity index (χ0v) is 13.8. The summed E-state index contributed by atoms with van der Waals surface area (Å²) in [5.41, 5.74) is 1.33. The number of carbonyl (C=O) groups is 3. The SMILES string of the molecule is CC(=O)SC1CC(=O)N(c2ccc(C(=O)NC(C)C)cc2)C1. The van der Waals surface area contributed by atoms with E-state index in [4.69, 9.17) is 0 Å². The van der Waals surface area contributed by atoms with Gasteiger partial charge in [-0.3, -0.25) is 14.4 Å². The number of amides is 2. The second-order valence-electron chi connectivity index (χ2n) is 5.61. The molecular formula is C16H20N2O3S. The van der Waals surface area contributed by atoms with Gasteiger partial charge in [-0.15, -0.1) is 0 Å². The zero-order valence-electron chi connectivity index (χ0n) is 13.0. The van der Waals surface area contributed by atoms with Crippen LogP contribution in [0, 0.1) is 0 Å². The van der Waals surface area contributed by atoms with Crippen LogP contribution in [0.3, 0.4) is 0 Å². The third-order valence-electron chi connectivity index (χ3n) is 3.28. The highest BCUT2D eigenvalue weighted by Crippen LogP contribution is 2.28. The van der Waals surface area contributed by atoms with Gasteiger partial charge in [-0.05, 0) is 38.1 Å². The Hall–Kier alpha value is -1.82. The number of nitrogens with one attached hydrogen (secondary N) is 1. The molecule has 118 valence electrons. The topological polar surface area (TPSA) is 66.5 Å². The molecule has 1 N–H and O–H groups in total.